The van der Waals surface area contributed by atoms with Gasteiger partial charge in [-0.15, -0.1) is 0 Å². The number of amides is 2. The van der Waals surface area contributed by atoms with E-state index in [0.29, 0.717) is 25.3 Å². The molecular weight excluding hydrogens is 416 g/mol. The van der Waals surface area contributed by atoms with Crippen LogP contribution in [0.3, 0.4) is 0 Å². The molecule has 6 heteroatoms. The number of hydrogen-bond acceptors (Lipinski definition) is 4. The Balaban J connectivity index is 1.21. The van der Waals surface area contributed by atoms with E-state index in [-0.39, 0.29) is 24.4 Å². The van der Waals surface area contributed by atoms with Gasteiger partial charge in [-0.1, -0.05) is 48.5 Å². The van der Waals surface area contributed by atoms with Crippen LogP contribution in [0.4, 0.5) is 0 Å². The van der Waals surface area contributed by atoms with Crippen LogP contribution in [-0.2, 0) is 4.79 Å². The highest BCUT2D eigenvalue weighted by molar-refractivity contribution is 5.97. The van der Waals surface area contributed by atoms with Crippen LogP contribution in [0.5, 0.6) is 11.5 Å². The smallest absolute Gasteiger partial charge is 0.251 e. The van der Waals surface area contributed by atoms with Gasteiger partial charge in [0, 0.05) is 12.1 Å². The third kappa shape index (κ3) is 4.55. The molecule has 1 unspecified atom stereocenters. The Labute approximate surface area is 193 Å². The average Bonchev–Trinajstić information content (AvgIpc) is 3.38. The summed E-state index contributed by atoms with van der Waals surface area (Å²) >= 11 is 0. The van der Waals surface area contributed by atoms with Crippen molar-refractivity contribution in [3.05, 3.63) is 83.9 Å². The van der Waals surface area contributed by atoms with E-state index in [9.17, 15) is 9.59 Å². The van der Waals surface area contributed by atoms with Crippen molar-refractivity contribution in [3.63, 3.8) is 0 Å². The van der Waals surface area contributed by atoms with Crippen molar-refractivity contribution < 1.29 is 19.1 Å². The Morgan fingerprint density at radius 3 is 2.39 bits per heavy atom. The zero-order chi connectivity index (χ0) is 22.6. The van der Waals surface area contributed by atoms with E-state index in [1.807, 2.05) is 65.6 Å². The van der Waals surface area contributed by atoms with Crippen molar-refractivity contribution in [2.75, 3.05) is 26.3 Å². The fourth-order valence-corrected chi connectivity index (χ4v) is 4.48. The molecule has 1 atom stereocenters. The van der Waals surface area contributed by atoms with Gasteiger partial charge in [0.05, 0.1) is 12.6 Å². The maximum absolute atomic E-state index is 12.9. The molecular formula is C27H26N2O4. The van der Waals surface area contributed by atoms with Crippen molar-refractivity contribution in [3.8, 4) is 22.6 Å². The lowest BCUT2D eigenvalue weighted by Crippen LogP contribution is -2.39. The highest BCUT2D eigenvalue weighted by Gasteiger charge is 2.31. The van der Waals surface area contributed by atoms with Gasteiger partial charge < -0.3 is 19.7 Å². The maximum Gasteiger partial charge on any atom is 0.251 e. The lowest BCUT2D eigenvalue weighted by molar-refractivity contribution is -0.131. The summed E-state index contributed by atoms with van der Waals surface area (Å²) in [6, 6.07) is 23.3. The fraction of sp³-hybridized carbons (Fsp3) is 0.259. The zero-order valence-corrected chi connectivity index (χ0v) is 18.3. The SMILES string of the molecule is O=C(NCC(=O)N1CCCC1c1ccc2c(c1)OCCO2)c1ccc(-c2ccccc2)cc1. The lowest BCUT2D eigenvalue weighted by atomic mass is 10.0. The summed E-state index contributed by atoms with van der Waals surface area (Å²) in [5.41, 5.74) is 3.71. The van der Waals surface area contributed by atoms with E-state index in [0.717, 1.165) is 41.0 Å². The van der Waals surface area contributed by atoms with Crippen LogP contribution in [0.25, 0.3) is 11.1 Å². The standard InChI is InChI=1S/C27H26N2O4/c30-26(18-28-27(31)21-10-8-20(9-11-21)19-5-2-1-3-6-19)29-14-4-7-23(29)22-12-13-24-25(17-22)33-16-15-32-24/h1-3,5-6,8-13,17,23H,4,7,14-16,18H2,(H,28,31). The first-order valence-corrected chi connectivity index (χ1v) is 11.3. The van der Waals surface area contributed by atoms with Crippen LogP contribution in [0.1, 0.15) is 34.8 Å². The van der Waals surface area contributed by atoms with Gasteiger partial charge in [-0.25, -0.2) is 0 Å². The Bertz CT molecular complexity index is 1140. The Morgan fingerprint density at radius 1 is 0.879 bits per heavy atom. The number of benzene rings is 3. The molecule has 0 spiro atoms. The van der Waals surface area contributed by atoms with Gasteiger partial charge in [-0.05, 0) is 53.8 Å². The van der Waals surface area contributed by atoms with Crippen LogP contribution in [0.2, 0.25) is 0 Å². The molecule has 2 aliphatic heterocycles. The minimum atomic E-state index is -0.252. The number of rotatable bonds is 5. The van der Waals surface area contributed by atoms with E-state index in [4.69, 9.17) is 9.47 Å². The van der Waals surface area contributed by atoms with E-state index >= 15 is 0 Å². The molecule has 2 amide bonds. The monoisotopic (exact) mass is 442 g/mol. The highest BCUT2D eigenvalue weighted by atomic mass is 16.6. The van der Waals surface area contributed by atoms with Crippen LogP contribution in [0, 0.1) is 0 Å². The van der Waals surface area contributed by atoms with Crippen LogP contribution >= 0.6 is 0 Å². The second-order valence-corrected chi connectivity index (χ2v) is 8.27. The first-order valence-electron chi connectivity index (χ1n) is 11.3. The molecule has 1 fully saturated rings. The summed E-state index contributed by atoms with van der Waals surface area (Å²) in [4.78, 5) is 27.4. The molecule has 3 aromatic carbocycles. The first kappa shape index (κ1) is 21.1. The van der Waals surface area contributed by atoms with Crippen LogP contribution in [-0.4, -0.2) is 43.0 Å². The van der Waals surface area contributed by atoms with Crippen molar-refractivity contribution in [2.24, 2.45) is 0 Å². The summed E-state index contributed by atoms with van der Waals surface area (Å²) < 4.78 is 11.3. The van der Waals surface area contributed by atoms with Crippen LogP contribution in [0.15, 0.2) is 72.8 Å². The minimum absolute atomic E-state index is 0.0182. The Kier molecular flexibility index (Phi) is 5.98. The summed E-state index contributed by atoms with van der Waals surface area (Å²) in [7, 11) is 0. The van der Waals surface area contributed by atoms with Crippen molar-refractivity contribution in [2.45, 2.75) is 18.9 Å². The Morgan fingerprint density at radius 2 is 1.61 bits per heavy atom. The molecule has 2 aliphatic rings. The van der Waals surface area contributed by atoms with E-state index in [1.165, 1.54) is 0 Å². The summed E-state index contributed by atoms with van der Waals surface area (Å²) in [5.74, 6) is 1.14. The predicted molar refractivity (Wildman–Crippen MR) is 125 cm³/mol. The lowest BCUT2D eigenvalue weighted by Gasteiger charge is -2.27. The van der Waals surface area contributed by atoms with Gasteiger partial charge in [-0.2, -0.15) is 0 Å². The number of ether oxygens (including phenoxy) is 2. The second-order valence-electron chi connectivity index (χ2n) is 8.27. The number of fused-ring (bicyclic) bond motifs is 1. The van der Waals surface area contributed by atoms with Crippen molar-refractivity contribution >= 4 is 11.8 Å². The average molecular weight is 443 g/mol. The topological polar surface area (TPSA) is 67.9 Å². The van der Waals surface area contributed by atoms with Crippen molar-refractivity contribution in [1.82, 2.24) is 10.2 Å². The van der Waals surface area contributed by atoms with Crippen molar-refractivity contribution in [1.29, 1.82) is 0 Å². The predicted octanol–water partition coefficient (Wildman–Crippen LogP) is 4.22. The molecule has 1 N–H and O–H groups in total. The molecule has 6 nitrogen and oxygen atoms in total. The first-order chi connectivity index (χ1) is 16.2. The largest absolute Gasteiger partial charge is 0.486 e. The molecule has 33 heavy (non-hydrogen) atoms. The molecule has 0 aliphatic carbocycles. The maximum atomic E-state index is 12.9. The molecule has 0 radical (unpaired) electrons. The molecule has 3 aromatic rings. The highest BCUT2D eigenvalue weighted by Crippen LogP contribution is 2.38. The minimum Gasteiger partial charge on any atom is -0.486 e. The second kappa shape index (κ2) is 9.36. The number of likely N-dealkylation sites (tertiary alicyclic amines) is 1. The van der Waals surface area contributed by atoms with Gasteiger partial charge >= 0.3 is 0 Å². The number of nitrogens with one attached hydrogen (secondary N) is 1. The van der Waals surface area contributed by atoms with Gasteiger partial charge in [0.25, 0.3) is 5.91 Å². The number of nitrogens with zero attached hydrogens (tertiary/aromatic N) is 1. The summed E-state index contributed by atoms with van der Waals surface area (Å²) in [6.07, 6.45) is 1.82. The van der Waals surface area contributed by atoms with E-state index in [1.54, 1.807) is 12.1 Å². The van der Waals surface area contributed by atoms with Gasteiger partial charge in [0.15, 0.2) is 11.5 Å². The number of carbonyl (C=O) groups excluding carboxylic acids is 2. The molecule has 2 heterocycles. The third-order valence-corrected chi connectivity index (χ3v) is 6.18. The third-order valence-electron chi connectivity index (χ3n) is 6.18. The summed E-state index contributed by atoms with van der Waals surface area (Å²) in [5, 5.41) is 2.78. The zero-order valence-electron chi connectivity index (χ0n) is 18.3. The normalized spacial score (nSPS) is 17.0. The van der Waals surface area contributed by atoms with E-state index < -0.39 is 0 Å². The quantitative estimate of drug-likeness (QED) is 0.643. The summed E-state index contributed by atoms with van der Waals surface area (Å²) in [6.45, 7) is 1.73. The molecule has 168 valence electrons. The number of hydrogen-bond donors (Lipinski definition) is 1. The van der Waals surface area contributed by atoms with Crippen LogP contribution < -0.4 is 14.8 Å². The van der Waals surface area contributed by atoms with Gasteiger partial charge in [0.2, 0.25) is 5.91 Å². The number of carbonyl (C=O) groups is 2. The van der Waals surface area contributed by atoms with Gasteiger partial charge in [-0.3, -0.25) is 9.59 Å². The fourth-order valence-electron chi connectivity index (χ4n) is 4.48. The Hall–Kier alpha value is -3.80. The molecule has 0 saturated carbocycles. The van der Waals surface area contributed by atoms with Gasteiger partial charge in [0.1, 0.15) is 13.2 Å². The molecule has 5 rings (SSSR count). The van der Waals surface area contributed by atoms with E-state index in [2.05, 4.69) is 5.32 Å². The molecule has 0 aromatic heterocycles. The molecule has 0 bridgehead atoms. The molecule has 1 saturated heterocycles.